The number of aliphatic hydroxyl groups excluding tert-OH is 1. The molecule has 0 saturated heterocycles. The Labute approximate surface area is 95.8 Å². The van der Waals surface area contributed by atoms with Crippen LogP contribution in [0.5, 0.6) is 0 Å². The molecule has 0 aromatic heterocycles. The topological polar surface area (TPSA) is 29.5 Å². The van der Waals surface area contributed by atoms with Crippen molar-refractivity contribution in [3.05, 3.63) is 34.9 Å². The molecule has 0 spiro atoms. The summed E-state index contributed by atoms with van der Waals surface area (Å²) in [5.74, 6) is 0. The minimum atomic E-state index is -0.622. The van der Waals surface area contributed by atoms with Gasteiger partial charge in [-0.25, -0.2) is 0 Å². The van der Waals surface area contributed by atoms with E-state index in [4.69, 9.17) is 16.3 Å². The van der Waals surface area contributed by atoms with Crippen LogP contribution in [0.2, 0.25) is 5.02 Å². The number of hydrogen-bond acceptors (Lipinski definition) is 2. The molecule has 1 N–H and O–H groups in total. The summed E-state index contributed by atoms with van der Waals surface area (Å²) in [5, 5.41) is 10.5. The third-order valence-corrected chi connectivity index (χ3v) is 2.14. The molecule has 15 heavy (non-hydrogen) atoms. The lowest BCUT2D eigenvalue weighted by atomic mass is 10.1. The Hall–Kier alpha value is -0.570. The maximum Gasteiger partial charge on any atom is 0.102 e. The number of ether oxygens (including phenoxy) is 1. The highest BCUT2D eigenvalue weighted by molar-refractivity contribution is 6.30. The Morgan fingerprint density at radius 3 is 2.60 bits per heavy atom. The average molecular weight is 229 g/mol. The number of benzene rings is 1. The van der Waals surface area contributed by atoms with Crippen molar-refractivity contribution in [2.75, 3.05) is 6.61 Å². The predicted octanol–water partition coefficient (Wildman–Crippen LogP) is 3.19. The highest BCUT2D eigenvalue weighted by Crippen LogP contribution is 2.19. The quantitative estimate of drug-likeness (QED) is 0.861. The molecule has 1 rings (SSSR count). The van der Waals surface area contributed by atoms with Crippen LogP contribution >= 0.6 is 11.6 Å². The Morgan fingerprint density at radius 1 is 1.40 bits per heavy atom. The minimum Gasteiger partial charge on any atom is -0.386 e. The van der Waals surface area contributed by atoms with Crippen LogP contribution < -0.4 is 0 Å². The molecule has 1 unspecified atom stereocenters. The van der Waals surface area contributed by atoms with Gasteiger partial charge in [0.05, 0.1) is 12.2 Å². The molecule has 0 fully saturated rings. The molecule has 1 aromatic carbocycles. The van der Waals surface area contributed by atoms with Gasteiger partial charge >= 0.3 is 0 Å². The summed E-state index contributed by atoms with van der Waals surface area (Å²) in [6, 6.07) is 7.18. The number of rotatable bonds is 3. The predicted molar refractivity (Wildman–Crippen MR) is 62.1 cm³/mol. The lowest BCUT2D eigenvalue weighted by Crippen LogP contribution is -2.22. The van der Waals surface area contributed by atoms with Gasteiger partial charge in [-0.2, -0.15) is 0 Å². The minimum absolute atomic E-state index is 0.237. The van der Waals surface area contributed by atoms with Gasteiger partial charge in [-0.05, 0) is 38.5 Å². The molecule has 0 heterocycles. The molecule has 1 aromatic rings. The van der Waals surface area contributed by atoms with Crippen molar-refractivity contribution >= 4 is 11.6 Å². The molecule has 0 saturated carbocycles. The van der Waals surface area contributed by atoms with Crippen LogP contribution in [0.3, 0.4) is 0 Å². The molecule has 0 aliphatic rings. The first-order chi connectivity index (χ1) is 6.88. The maximum absolute atomic E-state index is 9.82. The Kier molecular flexibility index (Phi) is 4.14. The molecule has 0 aliphatic heterocycles. The lowest BCUT2D eigenvalue weighted by Gasteiger charge is -2.22. The molecule has 84 valence electrons. The van der Waals surface area contributed by atoms with E-state index < -0.39 is 6.10 Å². The Balaban J connectivity index is 2.58. The van der Waals surface area contributed by atoms with Crippen LogP contribution in [0.1, 0.15) is 32.4 Å². The molecule has 0 amide bonds. The van der Waals surface area contributed by atoms with Gasteiger partial charge in [-0.1, -0.05) is 23.7 Å². The second-order valence-electron chi connectivity index (χ2n) is 4.49. The second kappa shape index (κ2) is 4.97. The summed E-state index contributed by atoms with van der Waals surface area (Å²) < 4.78 is 5.49. The normalized spacial score (nSPS) is 13.9. The van der Waals surface area contributed by atoms with Crippen molar-refractivity contribution in [2.45, 2.75) is 32.5 Å². The number of aliphatic hydroxyl groups is 1. The van der Waals surface area contributed by atoms with Gasteiger partial charge in [-0.3, -0.25) is 0 Å². The summed E-state index contributed by atoms with van der Waals surface area (Å²) in [4.78, 5) is 0. The zero-order valence-corrected chi connectivity index (χ0v) is 10.1. The van der Waals surface area contributed by atoms with E-state index in [9.17, 15) is 5.11 Å². The third-order valence-electron chi connectivity index (χ3n) is 1.91. The van der Waals surface area contributed by atoms with Crippen LogP contribution in [0.15, 0.2) is 24.3 Å². The van der Waals surface area contributed by atoms with Crippen molar-refractivity contribution in [3.8, 4) is 0 Å². The summed E-state index contributed by atoms with van der Waals surface area (Å²) >= 11 is 5.83. The molecule has 3 heteroatoms. The van der Waals surface area contributed by atoms with Crippen LogP contribution in [0, 0.1) is 0 Å². The van der Waals surface area contributed by atoms with E-state index in [0.717, 1.165) is 5.56 Å². The summed E-state index contributed by atoms with van der Waals surface area (Å²) in [6.45, 7) is 6.15. The van der Waals surface area contributed by atoms with E-state index in [1.165, 1.54) is 0 Å². The molecule has 0 bridgehead atoms. The van der Waals surface area contributed by atoms with Crippen LogP contribution in [-0.2, 0) is 4.74 Å². The van der Waals surface area contributed by atoms with Crippen molar-refractivity contribution in [1.29, 1.82) is 0 Å². The Bertz CT molecular complexity index is 318. The van der Waals surface area contributed by atoms with Gasteiger partial charge in [0.1, 0.15) is 6.10 Å². The number of halogens is 1. The van der Waals surface area contributed by atoms with E-state index >= 15 is 0 Å². The highest BCUT2D eigenvalue weighted by Gasteiger charge is 2.14. The van der Waals surface area contributed by atoms with Crippen molar-refractivity contribution < 1.29 is 9.84 Å². The van der Waals surface area contributed by atoms with Crippen LogP contribution in [0.4, 0.5) is 0 Å². The van der Waals surface area contributed by atoms with Gasteiger partial charge in [0.25, 0.3) is 0 Å². The molecular weight excluding hydrogens is 212 g/mol. The maximum atomic E-state index is 9.82. The fourth-order valence-electron chi connectivity index (χ4n) is 1.14. The fourth-order valence-corrected chi connectivity index (χ4v) is 1.34. The molecular formula is C12H17ClO2. The van der Waals surface area contributed by atoms with Gasteiger partial charge in [0.2, 0.25) is 0 Å². The molecule has 0 aliphatic carbocycles. The van der Waals surface area contributed by atoms with Crippen molar-refractivity contribution in [1.82, 2.24) is 0 Å². The molecule has 2 nitrogen and oxygen atoms in total. The van der Waals surface area contributed by atoms with Gasteiger partial charge in [0.15, 0.2) is 0 Å². The van der Waals surface area contributed by atoms with Gasteiger partial charge < -0.3 is 9.84 Å². The first-order valence-electron chi connectivity index (χ1n) is 4.96. The van der Waals surface area contributed by atoms with Gasteiger partial charge in [0, 0.05) is 5.02 Å². The van der Waals surface area contributed by atoms with Gasteiger partial charge in [-0.15, -0.1) is 0 Å². The van der Waals surface area contributed by atoms with E-state index in [1.54, 1.807) is 12.1 Å². The van der Waals surface area contributed by atoms with Crippen LogP contribution in [0.25, 0.3) is 0 Å². The summed E-state index contributed by atoms with van der Waals surface area (Å²) in [7, 11) is 0. The molecule has 0 radical (unpaired) electrons. The largest absolute Gasteiger partial charge is 0.386 e. The zero-order valence-electron chi connectivity index (χ0n) is 9.33. The van der Waals surface area contributed by atoms with E-state index in [0.29, 0.717) is 5.02 Å². The third kappa shape index (κ3) is 4.65. The highest BCUT2D eigenvalue weighted by atomic mass is 35.5. The lowest BCUT2D eigenvalue weighted by molar-refractivity contribution is -0.0496. The Morgan fingerprint density at radius 2 is 2.07 bits per heavy atom. The smallest absolute Gasteiger partial charge is 0.102 e. The monoisotopic (exact) mass is 228 g/mol. The first-order valence-corrected chi connectivity index (χ1v) is 5.34. The number of hydrogen-bond donors (Lipinski definition) is 1. The fraction of sp³-hybridized carbons (Fsp3) is 0.500. The second-order valence-corrected chi connectivity index (χ2v) is 4.93. The zero-order chi connectivity index (χ0) is 11.5. The van der Waals surface area contributed by atoms with E-state index in [-0.39, 0.29) is 12.2 Å². The molecule has 1 atom stereocenters. The average Bonchev–Trinajstić information content (AvgIpc) is 2.13. The SMILES string of the molecule is CC(C)(C)OCC(O)c1cccc(Cl)c1. The van der Waals surface area contributed by atoms with Crippen LogP contribution in [-0.4, -0.2) is 17.3 Å². The van der Waals surface area contributed by atoms with Crippen molar-refractivity contribution in [3.63, 3.8) is 0 Å². The summed E-state index contributed by atoms with van der Waals surface area (Å²) in [5.41, 5.74) is 0.547. The van der Waals surface area contributed by atoms with E-state index in [2.05, 4.69) is 0 Å². The van der Waals surface area contributed by atoms with E-state index in [1.807, 2.05) is 32.9 Å². The summed E-state index contributed by atoms with van der Waals surface area (Å²) in [6.07, 6.45) is -0.622. The first kappa shape index (κ1) is 12.5. The van der Waals surface area contributed by atoms with Crippen molar-refractivity contribution in [2.24, 2.45) is 0 Å². The standard InChI is InChI=1S/C12H17ClO2/c1-12(2,3)15-8-11(14)9-5-4-6-10(13)7-9/h4-7,11,14H,8H2,1-3H3.